The third kappa shape index (κ3) is 1.65. The smallest absolute Gasteiger partial charge is 0.0817 e. The maximum absolute atomic E-state index is 5.93. The number of nitrogens with two attached hydrogens (primary N) is 1. The summed E-state index contributed by atoms with van der Waals surface area (Å²) in [5, 5.41) is 0. The molecule has 1 aliphatic heterocycles. The summed E-state index contributed by atoms with van der Waals surface area (Å²) in [5.41, 5.74) is 8.79. The maximum Gasteiger partial charge on any atom is 0.0817 e. The monoisotopic (exact) mass is 193 g/mol. The number of aryl methyl sites for hydroxylation is 1. The van der Waals surface area contributed by atoms with Crippen molar-refractivity contribution in [3.63, 3.8) is 0 Å². The molecule has 2 heterocycles. The molecule has 0 amide bonds. The lowest BCUT2D eigenvalue weighted by molar-refractivity contribution is 0.122. The average Bonchev–Trinajstić information content (AvgIpc) is 2.19. The minimum Gasteiger partial charge on any atom is -0.397 e. The molecule has 1 aromatic heterocycles. The molecule has 4 nitrogen and oxygen atoms in total. The van der Waals surface area contributed by atoms with Gasteiger partial charge in [0.15, 0.2) is 0 Å². The van der Waals surface area contributed by atoms with E-state index in [9.17, 15) is 0 Å². The van der Waals surface area contributed by atoms with Crippen molar-refractivity contribution in [2.75, 3.05) is 36.9 Å². The van der Waals surface area contributed by atoms with Crippen LogP contribution in [0.25, 0.3) is 0 Å². The van der Waals surface area contributed by atoms with E-state index in [0.29, 0.717) is 0 Å². The Morgan fingerprint density at radius 3 is 2.79 bits per heavy atom. The Balaban J connectivity index is 2.29. The van der Waals surface area contributed by atoms with E-state index in [1.54, 1.807) is 6.20 Å². The van der Waals surface area contributed by atoms with Gasteiger partial charge in [0.2, 0.25) is 0 Å². The quantitative estimate of drug-likeness (QED) is 0.717. The molecule has 0 saturated carbocycles. The molecule has 1 aromatic rings. The van der Waals surface area contributed by atoms with Gasteiger partial charge in [-0.1, -0.05) is 0 Å². The van der Waals surface area contributed by atoms with Crippen LogP contribution < -0.4 is 10.6 Å². The zero-order valence-electron chi connectivity index (χ0n) is 8.36. The Morgan fingerprint density at radius 1 is 1.43 bits per heavy atom. The Labute approximate surface area is 83.7 Å². The van der Waals surface area contributed by atoms with Crippen molar-refractivity contribution in [1.29, 1.82) is 0 Å². The highest BCUT2D eigenvalue weighted by atomic mass is 16.5. The van der Waals surface area contributed by atoms with Gasteiger partial charge in [-0.25, -0.2) is 0 Å². The molecule has 0 atom stereocenters. The molecule has 0 unspecified atom stereocenters. The molecular formula is C10H15N3O. The van der Waals surface area contributed by atoms with Gasteiger partial charge in [0, 0.05) is 19.3 Å². The Morgan fingerprint density at radius 2 is 2.14 bits per heavy atom. The summed E-state index contributed by atoms with van der Waals surface area (Å²) < 4.78 is 5.30. The summed E-state index contributed by atoms with van der Waals surface area (Å²) in [6, 6.07) is 1.85. The van der Waals surface area contributed by atoms with Gasteiger partial charge in [-0.05, 0) is 13.0 Å². The number of rotatable bonds is 1. The largest absolute Gasteiger partial charge is 0.397 e. The fourth-order valence-corrected chi connectivity index (χ4v) is 1.78. The van der Waals surface area contributed by atoms with Crippen LogP contribution >= 0.6 is 0 Å². The highest BCUT2D eigenvalue weighted by molar-refractivity contribution is 5.69. The Kier molecular flexibility index (Phi) is 2.54. The third-order valence-corrected chi connectivity index (χ3v) is 2.47. The second-order valence-corrected chi connectivity index (χ2v) is 3.43. The molecule has 76 valence electrons. The van der Waals surface area contributed by atoms with Crippen molar-refractivity contribution < 1.29 is 4.74 Å². The van der Waals surface area contributed by atoms with Crippen LogP contribution in [0.4, 0.5) is 11.4 Å². The van der Waals surface area contributed by atoms with Gasteiger partial charge in [-0.2, -0.15) is 0 Å². The number of anilines is 2. The number of aromatic nitrogens is 1. The van der Waals surface area contributed by atoms with E-state index in [2.05, 4.69) is 9.88 Å². The lowest BCUT2D eigenvalue weighted by Gasteiger charge is -2.30. The molecule has 2 rings (SSSR count). The number of nitrogens with zero attached hydrogens (tertiary/aromatic N) is 2. The van der Waals surface area contributed by atoms with Crippen molar-refractivity contribution in [2.45, 2.75) is 6.92 Å². The van der Waals surface area contributed by atoms with Gasteiger partial charge in [0.1, 0.15) is 0 Å². The zero-order valence-corrected chi connectivity index (χ0v) is 8.36. The number of hydrogen-bond acceptors (Lipinski definition) is 4. The van der Waals surface area contributed by atoms with Crippen LogP contribution in [0.5, 0.6) is 0 Å². The van der Waals surface area contributed by atoms with Crippen LogP contribution in [0.15, 0.2) is 12.3 Å². The molecule has 0 bridgehead atoms. The normalized spacial score (nSPS) is 17.1. The molecular weight excluding hydrogens is 178 g/mol. The van der Waals surface area contributed by atoms with E-state index in [1.807, 2.05) is 13.0 Å². The number of morpholine rings is 1. The van der Waals surface area contributed by atoms with Crippen molar-refractivity contribution in [3.05, 3.63) is 18.0 Å². The van der Waals surface area contributed by atoms with Gasteiger partial charge in [-0.15, -0.1) is 0 Å². The number of pyridine rings is 1. The van der Waals surface area contributed by atoms with Crippen LogP contribution in [0, 0.1) is 6.92 Å². The van der Waals surface area contributed by atoms with Gasteiger partial charge in [-0.3, -0.25) is 4.98 Å². The van der Waals surface area contributed by atoms with Gasteiger partial charge in [0.25, 0.3) is 0 Å². The number of nitrogen functional groups attached to an aromatic ring is 1. The Hall–Kier alpha value is -1.29. The predicted molar refractivity (Wildman–Crippen MR) is 56.4 cm³/mol. The fourth-order valence-electron chi connectivity index (χ4n) is 1.78. The first-order valence-electron chi connectivity index (χ1n) is 4.83. The van der Waals surface area contributed by atoms with Gasteiger partial charge >= 0.3 is 0 Å². The summed E-state index contributed by atoms with van der Waals surface area (Å²) in [5.74, 6) is 0. The average molecular weight is 193 g/mol. The fraction of sp³-hybridized carbons (Fsp3) is 0.500. The molecule has 1 saturated heterocycles. The van der Waals surface area contributed by atoms with Crippen LogP contribution in [0.3, 0.4) is 0 Å². The van der Waals surface area contributed by atoms with E-state index < -0.39 is 0 Å². The highest BCUT2D eigenvalue weighted by Gasteiger charge is 2.15. The lowest BCUT2D eigenvalue weighted by Crippen LogP contribution is -2.37. The predicted octanol–water partition coefficient (Wildman–Crippen LogP) is 0.809. The summed E-state index contributed by atoms with van der Waals surface area (Å²) in [6.45, 7) is 5.33. The highest BCUT2D eigenvalue weighted by Crippen LogP contribution is 2.25. The standard InChI is InChI=1S/C10H15N3O/c1-8-10(9(11)2-3-12-8)13-4-6-14-7-5-13/h2-3H,4-7H2,1H3,(H2,11,12). The molecule has 0 radical (unpaired) electrons. The second kappa shape index (κ2) is 3.84. The molecule has 2 N–H and O–H groups in total. The van der Waals surface area contributed by atoms with Crippen LogP contribution in [-0.2, 0) is 4.74 Å². The minimum atomic E-state index is 0.772. The molecule has 0 spiro atoms. The maximum atomic E-state index is 5.93. The summed E-state index contributed by atoms with van der Waals surface area (Å²) in [7, 11) is 0. The van der Waals surface area contributed by atoms with Crippen LogP contribution in [0.2, 0.25) is 0 Å². The van der Waals surface area contributed by atoms with E-state index in [4.69, 9.17) is 10.5 Å². The first-order chi connectivity index (χ1) is 6.79. The van der Waals surface area contributed by atoms with E-state index in [-0.39, 0.29) is 0 Å². The van der Waals surface area contributed by atoms with Crippen molar-refractivity contribution in [2.24, 2.45) is 0 Å². The number of hydrogen-bond donors (Lipinski definition) is 1. The van der Waals surface area contributed by atoms with E-state index in [1.165, 1.54) is 0 Å². The summed E-state index contributed by atoms with van der Waals surface area (Å²) >= 11 is 0. The molecule has 1 aliphatic rings. The number of ether oxygens (including phenoxy) is 1. The van der Waals surface area contributed by atoms with E-state index >= 15 is 0 Å². The van der Waals surface area contributed by atoms with E-state index in [0.717, 1.165) is 43.4 Å². The third-order valence-electron chi connectivity index (χ3n) is 2.47. The first kappa shape index (κ1) is 9.27. The second-order valence-electron chi connectivity index (χ2n) is 3.43. The zero-order chi connectivity index (χ0) is 9.97. The molecule has 14 heavy (non-hydrogen) atoms. The molecule has 0 aliphatic carbocycles. The topological polar surface area (TPSA) is 51.4 Å². The minimum absolute atomic E-state index is 0.772. The summed E-state index contributed by atoms with van der Waals surface area (Å²) in [6.07, 6.45) is 1.74. The lowest BCUT2D eigenvalue weighted by atomic mass is 10.2. The van der Waals surface area contributed by atoms with Gasteiger partial charge in [0.05, 0.1) is 30.3 Å². The van der Waals surface area contributed by atoms with Gasteiger partial charge < -0.3 is 15.4 Å². The van der Waals surface area contributed by atoms with Crippen molar-refractivity contribution >= 4 is 11.4 Å². The van der Waals surface area contributed by atoms with Crippen LogP contribution in [-0.4, -0.2) is 31.3 Å². The van der Waals surface area contributed by atoms with Crippen molar-refractivity contribution in [3.8, 4) is 0 Å². The van der Waals surface area contributed by atoms with Crippen molar-refractivity contribution in [1.82, 2.24) is 4.98 Å². The summed E-state index contributed by atoms with van der Waals surface area (Å²) in [4.78, 5) is 6.49. The molecule has 0 aromatic carbocycles. The SMILES string of the molecule is Cc1nccc(N)c1N1CCOCC1. The Bertz CT molecular complexity index is 301. The first-order valence-corrected chi connectivity index (χ1v) is 4.83. The molecule has 4 heteroatoms. The molecule has 1 fully saturated rings. The van der Waals surface area contributed by atoms with Crippen LogP contribution in [0.1, 0.15) is 5.69 Å².